The minimum atomic E-state index is 0.445. The van der Waals surface area contributed by atoms with Crippen molar-refractivity contribution < 1.29 is 9.47 Å². The van der Waals surface area contributed by atoms with Crippen molar-refractivity contribution in [2.75, 3.05) is 6.61 Å². The number of hydrogen-bond acceptors (Lipinski definition) is 4. The maximum atomic E-state index is 6.51. The Bertz CT molecular complexity index is 1180. The fourth-order valence-corrected chi connectivity index (χ4v) is 3.81. The van der Waals surface area contributed by atoms with Crippen molar-refractivity contribution in [1.29, 1.82) is 0 Å². The molecule has 1 N–H and O–H groups in total. The van der Waals surface area contributed by atoms with Crippen molar-refractivity contribution >= 4 is 33.4 Å². The highest BCUT2D eigenvalue weighted by Crippen LogP contribution is 2.37. The lowest BCUT2D eigenvalue weighted by Gasteiger charge is -2.10. The van der Waals surface area contributed by atoms with Crippen LogP contribution in [0.1, 0.15) is 30.8 Å². The van der Waals surface area contributed by atoms with Crippen LogP contribution in [0.4, 0.5) is 0 Å². The van der Waals surface area contributed by atoms with Crippen LogP contribution < -0.4 is 9.47 Å². The van der Waals surface area contributed by atoms with Gasteiger partial charge in [-0.1, -0.05) is 18.5 Å². The normalized spacial score (nSPS) is 11.3. The molecule has 0 amide bonds. The third-order valence-electron chi connectivity index (χ3n) is 4.71. The molecule has 6 heteroatoms. The van der Waals surface area contributed by atoms with Crippen LogP contribution in [0.2, 0.25) is 5.02 Å². The molecule has 3 heterocycles. The molecule has 144 valence electrons. The van der Waals surface area contributed by atoms with Gasteiger partial charge in [-0.15, -0.1) is 0 Å². The number of nitrogens with one attached hydrogen (secondary N) is 1. The maximum absolute atomic E-state index is 6.51. The van der Waals surface area contributed by atoms with E-state index in [1.54, 1.807) is 0 Å². The van der Waals surface area contributed by atoms with Crippen LogP contribution in [0.5, 0.6) is 17.5 Å². The third-order valence-corrected chi connectivity index (χ3v) is 5.12. The van der Waals surface area contributed by atoms with Gasteiger partial charge in [0.05, 0.1) is 28.0 Å². The Morgan fingerprint density at radius 2 is 1.89 bits per heavy atom. The summed E-state index contributed by atoms with van der Waals surface area (Å²) in [6.45, 7) is 8.54. The number of benzene rings is 1. The molecule has 4 aromatic rings. The van der Waals surface area contributed by atoms with Gasteiger partial charge in [0.2, 0.25) is 11.8 Å². The van der Waals surface area contributed by atoms with E-state index in [0.29, 0.717) is 29.1 Å². The average Bonchev–Trinajstić information content (AvgIpc) is 2.97. The van der Waals surface area contributed by atoms with E-state index < -0.39 is 0 Å². The number of halogens is 1. The number of aromatic amines is 1. The quantitative estimate of drug-likeness (QED) is 0.441. The Morgan fingerprint density at radius 3 is 2.64 bits per heavy atom. The number of fused-ring (bicyclic) bond motifs is 2. The average molecular weight is 396 g/mol. The van der Waals surface area contributed by atoms with Gasteiger partial charge in [-0.2, -0.15) is 4.98 Å². The monoisotopic (exact) mass is 395 g/mol. The third kappa shape index (κ3) is 3.27. The number of aryl methyl sites for hydroxylation is 3. The fourth-order valence-electron chi connectivity index (χ4n) is 3.45. The van der Waals surface area contributed by atoms with Crippen molar-refractivity contribution in [3.05, 3.63) is 52.3 Å². The van der Waals surface area contributed by atoms with E-state index in [-0.39, 0.29) is 0 Å². The maximum Gasteiger partial charge on any atom is 0.227 e. The van der Waals surface area contributed by atoms with Crippen LogP contribution in [0.15, 0.2) is 30.3 Å². The second-order valence-electron chi connectivity index (χ2n) is 6.75. The van der Waals surface area contributed by atoms with E-state index in [4.69, 9.17) is 21.1 Å². The van der Waals surface area contributed by atoms with Crippen molar-refractivity contribution in [2.45, 2.75) is 34.1 Å². The Kier molecular flexibility index (Phi) is 4.85. The van der Waals surface area contributed by atoms with Gasteiger partial charge >= 0.3 is 0 Å². The van der Waals surface area contributed by atoms with Crippen LogP contribution >= 0.6 is 11.6 Å². The predicted molar refractivity (Wildman–Crippen MR) is 113 cm³/mol. The van der Waals surface area contributed by atoms with E-state index in [9.17, 15) is 0 Å². The Balaban J connectivity index is 1.78. The molecule has 0 atom stereocenters. The molecule has 0 fully saturated rings. The molecule has 0 saturated heterocycles. The van der Waals surface area contributed by atoms with E-state index in [1.807, 2.05) is 45.0 Å². The molecule has 0 aliphatic rings. The van der Waals surface area contributed by atoms with Crippen molar-refractivity contribution in [1.82, 2.24) is 15.0 Å². The molecule has 0 spiro atoms. The Morgan fingerprint density at radius 1 is 1.07 bits per heavy atom. The second kappa shape index (κ2) is 7.32. The van der Waals surface area contributed by atoms with Crippen molar-refractivity contribution in [3.63, 3.8) is 0 Å². The molecule has 28 heavy (non-hydrogen) atoms. The molecular formula is C22H22ClN3O2. The van der Waals surface area contributed by atoms with Gasteiger partial charge < -0.3 is 14.5 Å². The number of nitrogens with zero attached hydrogens (tertiary/aromatic N) is 2. The summed E-state index contributed by atoms with van der Waals surface area (Å²) in [5.74, 6) is 1.59. The summed E-state index contributed by atoms with van der Waals surface area (Å²) in [7, 11) is 0. The zero-order valence-electron chi connectivity index (χ0n) is 16.4. The van der Waals surface area contributed by atoms with Crippen molar-refractivity contribution in [3.8, 4) is 17.5 Å². The van der Waals surface area contributed by atoms with Gasteiger partial charge in [-0.3, -0.25) is 4.98 Å². The predicted octanol–water partition coefficient (Wildman–Crippen LogP) is 6.13. The van der Waals surface area contributed by atoms with Crippen molar-refractivity contribution in [2.24, 2.45) is 0 Å². The van der Waals surface area contributed by atoms with Crippen LogP contribution in [-0.4, -0.2) is 21.6 Å². The lowest BCUT2D eigenvalue weighted by atomic mass is 10.1. The highest BCUT2D eigenvalue weighted by molar-refractivity contribution is 6.37. The zero-order chi connectivity index (χ0) is 19.8. The number of hydrogen-bond donors (Lipinski definition) is 1. The summed E-state index contributed by atoms with van der Waals surface area (Å²) in [6.07, 6.45) is 0.796. The summed E-state index contributed by atoms with van der Waals surface area (Å²) in [6, 6.07) is 9.81. The summed E-state index contributed by atoms with van der Waals surface area (Å²) in [5.41, 5.74) is 4.88. The lowest BCUT2D eigenvalue weighted by Crippen LogP contribution is -1.97. The van der Waals surface area contributed by atoms with Crippen LogP contribution in [-0.2, 0) is 6.42 Å². The number of pyridine rings is 2. The van der Waals surface area contributed by atoms with Crippen LogP contribution in [0, 0.1) is 13.8 Å². The Hall–Kier alpha value is -2.79. The molecule has 3 aromatic heterocycles. The second-order valence-corrected chi connectivity index (χ2v) is 7.13. The molecule has 5 nitrogen and oxygen atoms in total. The largest absolute Gasteiger partial charge is 0.477 e. The van der Waals surface area contributed by atoms with Crippen LogP contribution in [0.3, 0.4) is 0 Å². The van der Waals surface area contributed by atoms with E-state index in [0.717, 1.165) is 39.6 Å². The lowest BCUT2D eigenvalue weighted by molar-refractivity contribution is 0.325. The highest BCUT2D eigenvalue weighted by Gasteiger charge is 2.17. The molecule has 0 saturated carbocycles. The smallest absolute Gasteiger partial charge is 0.227 e. The van der Waals surface area contributed by atoms with Gasteiger partial charge in [0.15, 0.2) is 0 Å². The Labute approximate surface area is 168 Å². The summed E-state index contributed by atoms with van der Waals surface area (Å²) in [4.78, 5) is 12.5. The molecule has 0 aliphatic carbocycles. The number of H-pyrrole nitrogens is 1. The minimum absolute atomic E-state index is 0.445. The van der Waals surface area contributed by atoms with Gasteiger partial charge in [-0.05, 0) is 51.0 Å². The minimum Gasteiger partial charge on any atom is -0.477 e. The van der Waals surface area contributed by atoms with Gasteiger partial charge in [0.25, 0.3) is 0 Å². The van der Waals surface area contributed by atoms with E-state index in [1.165, 1.54) is 5.56 Å². The molecule has 0 bridgehead atoms. The van der Waals surface area contributed by atoms with Gasteiger partial charge in [-0.25, -0.2) is 0 Å². The number of ether oxygens (including phenoxy) is 2. The molecular weight excluding hydrogens is 374 g/mol. The molecule has 0 radical (unpaired) electrons. The topological polar surface area (TPSA) is 60.0 Å². The van der Waals surface area contributed by atoms with Gasteiger partial charge in [0, 0.05) is 28.9 Å². The molecule has 4 rings (SSSR count). The van der Waals surface area contributed by atoms with E-state index >= 15 is 0 Å². The van der Waals surface area contributed by atoms with Gasteiger partial charge in [0.1, 0.15) is 5.75 Å². The summed E-state index contributed by atoms with van der Waals surface area (Å²) < 4.78 is 11.8. The SMILES string of the molecule is CCOc1nc(Oc2ccc3c(C)cc(C)nc3c2)cc2[nH]c(CC)c(Cl)c12. The first-order chi connectivity index (χ1) is 13.5. The fraction of sp³-hybridized carbons (Fsp3) is 0.273. The molecule has 0 unspecified atom stereocenters. The van der Waals surface area contributed by atoms with E-state index in [2.05, 4.69) is 27.9 Å². The highest BCUT2D eigenvalue weighted by atomic mass is 35.5. The number of aromatic nitrogens is 3. The first-order valence-electron chi connectivity index (χ1n) is 9.39. The molecule has 0 aliphatic heterocycles. The first-order valence-corrected chi connectivity index (χ1v) is 9.77. The number of rotatable bonds is 5. The zero-order valence-corrected chi connectivity index (χ0v) is 17.1. The summed E-state index contributed by atoms with van der Waals surface area (Å²) in [5, 5.41) is 2.56. The molecule has 1 aromatic carbocycles. The van der Waals surface area contributed by atoms with Crippen LogP contribution in [0.25, 0.3) is 21.8 Å². The summed E-state index contributed by atoms with van der Waals surface area (Å²) >= 11 is 6.51. The standard InChI is InChI=1S/C22H22ClN3O2/c1-5-16-21(23)20-18(25-16)11-19(26-22(20)27-6-2)28-14-7-8-15-12(3)9-13(4)24-17(15)10-14/h7-11,25H,5-6H2,1-4H3. The first kappa shape index (κ1) is 18.6.